The first kappa shape index (κ1) is 12.3. The standard InChI is InChI=1S/C9H12N4O3/c10-3-7-8(12-2-1-11-7)13-9(4-14,5-15)6-16/h1-2,14-16H,4-6H2,(H,12,13). The van der Waals surface area contributed by atoms with Gasteiger partial charge in [0.1, 0.15) is 11.6 Å². The Morgan fingerprint density at radius 3 is 2.25 bits per heavy atom. The summed E-state index contributed by atoms with van der Waals surface area (Å²) in [5.74, 6) is 0.113. The number of nitriles is 1. The Labute approximate surface area is 92.0 Å². The Morgan fingerprint density at radius 1 is 1.19 bits per heavy atom. The number of aromatic nitrogens is 2. The van der Waals surface area contributed by atoms with Crippen LogP contribution < -0.4 is 5.32 Å². The first-order valence-corrected chi connectivity index (χ1v) is 4.53. The Hall–Kier alpha value is -1.75. The minimum absolute atomic E-state index is 0.0298. The van der Waals surface area contributed by atoms with E-state index in [1.807, 2.05) is 6.07 Å². The first-order valence-electron chi connectivity index (χ1n) is 4.53. The smallest absolute Gasteiger partial charge is 0.182 e. The molecule has 0 aliphatic carbocycles. The molecule has 7 nitrogen and oxygen atoms in total. The van der Waals surface area contributed by atoms with Crippen LogP contribution in [0.1, 0.15) is 5.69 Å². The van der Waals surface area contributed by atoms with Crippen LogP contribution in [0.25, 0.3) is 0 Å². The van der Waals surface area contributed by atoms with Gasteiger partial charge in [0.25, 0.3) is 0 Å². The number of aliphatic hydroxyl groups is 3. The lowest BCUT2D eigenvalue weighted by Gasteiger charge is -2.29. The molecule has 0 amide bonds. The second-order valence-electron chi connectivity index (χ2n) is 3.25. The number of nitrogens with one attached hydrogen (secondary N) is 1. The maximum Gasteiger partial charge on any atom is 0.182 e. The SMILES string of the molecule is N#Cc1nccnc1NC(CO)(CO)CO. The van der Waals surface area contributed by atoms with Crippen LogP contribution in [0, 0.1) is 11.3 Å². The molecule has 0 bridgehead atoms. The van der Waals surface area contributed by atoms with Gasteiger partial charge in [-0.15, -0.1) is 0 Å². The molecule has 0 aliphatic heterocycles. The molecule has 0 aliphatic rings. The van der Waals surface area contributed by atoms with Crippen molar-refractivity contribution in [2.24, 2.45) is 0 Å². The number of hydrogen-bond acceptors (Lipinski definition) is 7. The molecule has 0 spiro atoms. The van der Waals surface area contributed by atoms with Crippen LogP contribution in [0.3, 0.4) is 0 Å². The van der Waals surface area contributed by atoms with Crippen molar-refractivity contribution in [2.75, 3.05) is 25.1 Å². The van der Waals surface area contributed by atoms with E-state index in [1.165, 1.54) is 12.4 Å². The summed E-state index contributed by atoms with van der Waals surface area (Å²) in [6, 6.07) is 1.81. The molecule has 0 atom stereocenters. The molecule has 4 N–H and O–H groups in total. The van der Waals surface area contributed by atoms with Gasteiger partial charge in [0.2, 0.25) is 0 Å². The van der Waals surface area contributed by atoms with Gasteiger partial charge in [0, 0.05) is 12.4 Å². The Morgan fingerprint density at radius 2 is 1.75 bits per heavy atom. The number of hydrogen-bond donors (Lipinski definition) is 4. The molecule has 0 unspecified atom stereocenters. The monoisotopic (exact) mass is 224 g/mol. The van der Waals surface area contributed by atoms with Gasteiger partial charge >= 0.3 is 0 Å². The summed E-state index contributed by atoms with van der Waals surface area (Å²) in [6.45, 7) is -1.50. The van der Waals surface area contributed by atoms with Crippen LogP contribution in [-0.2, 0) is 0 Å². The highest BCUT2D eigenvalue weighted by Crippen LogP contribution is 2.14. The van der Waals surface area contributed by atoms with Crippen LogP contribution >= 0.6 is 0 Å². The van der Waals surface area contributed by atoms with Gasteiger partial charge in [-0.05, 0) is 0 Å². The number of nitrogens with zero attached hydrogens (tertiary/aromatic N) is 3. The molecule has 0 radical (unpaired) electrons. The Balaban J connectivity index is 2.99. The van der Waals surface area contributed by atoms with Crippen molar-refractivity contribution in [1.82, 2.24) is 9.97 Å². The highest BCUT2D eigenvalue weighted by atomic mass is 16.3. The second kappa shape index (κ2) is 5.37. The van der Waals surface area contributed by atoms with E-state index in [2.05, 4.69) is 15.3 Å². The van der Waals surface area contributed by atoms with Gasteiger partial charge in [-0.25, -0.2) is 9.97 Å². The minimum Gasteiger partial charge on any atom is -0.394 e. The van der Waals surface area contributed by atoms with Crippen LogP contribution in [0.15, 0.2) is 12.4 Å². The lowest BCUT2D eigenvalue weighted by molar-refractivity contribution is 0.0830. The molecule has 1 aromatic rings. The number of rotatable bonds is 5. The molecular weight excluding hydrogens is 212 g/mol. The third-order valence-corrected chi connectivity index (χ3v) is 2.10. The molecule has 16 heavy (non-hydrogen) atoms. The molecule has 0 aromatic carbocycles. The quantitative estimate of drug-likeness (QED) is 0.478. The van der Waals surface area contributed by atoms with Gasteiger partial charge in [0.05, 0.1) is 19.8 Å². The van der Waals surface area contributed by atoms with Crippen molar-refractivity contribution in [3.63, 3.8) is 0 Å². The molecular formula is C9H12N4O3. The van der Waals surface area contributed by atoms with Crippen molar-refractivity contribution >= 4 is 5.82 Å². The van der Waals surface area contributed by atoms with Gasteiger partial charge in [0.15, 0.2) is 11.5 Å². The second-order valence-corrected chi connectivity index (χ2v) is 3.25. The van der Waals surface area contributed by atoms with E-state index < -0.39 is 25.4 Å². The molecule has 1 aromatic heterocycles. The molecule has 0 saturated carbocycles. The Bertz CT molecular complexity index is 378. The van der Waals surface area contributed by atoms with E-state index in [4.69, 9.17) is 20.6 Å². The zero-order valence-corrected chi connectivity index (χ0v) is 8.46. The van der Waals surface area contributed by atoms with E-state index in [0.717, 1.165) is 0 Å². The molecule has 7 heteroatoms. The highest BCUT2D eigenvalue weighted by Gasteiger charge is 2.29. The van der Waals surface area contributed by atoms with Crippen LogP contribution in [0.5, 0.6) is 0 Å². The predicted molar refractivity (Wildman–Crippen MR) is 54.4 cm³/mol. The van der Waals surface area contributed by atoms with E-state index in [-0.39, 0.29) is 11.5 Å². The van der Waals surface area contributed by atoms with E-state index in [0.29, 0.717) is 0 Å². The van der Waals surface area contributed by atoms with Crippen LogP contribution in [0.4, 0.5) is 5.82 Å². The topological polar surface area (TPSA) is 122 Å². The maximum atomic E-state index is 9.09. The summed E-state index contributed by atoms with van der Waals surface area (Å²) in [6.07, 6.45) is 2.71. The molecule has 1 rings (SSSR count). The van der Waals surface area contributed by atoms with Gasteiger partial charge in [-0.1, -0.05) is 0 Å². The lowest BCUT2D eigenvalue weighted by Crippen LogP contribution is -2.49. The first-order chi connectivity index (χ1) is 7.71. The average Bonchev–Trinajstić information content (AvgIpc) is 2.36. The molecule has 86 valence electrons. The van der Waals surface area contributed by atoms with Crippen molar-refractivity contribution in [2.45, 2.75) is 5.54 Å². The van der Waals surface area contributed by atoms with Crippen molar-refractivity contribution < 1.29 is 15.3 Å². The average molecular weight is 224 g/mol. The molecule has 0 fully saturated rings. The highest BCUT2D eigenvalue weighted by molar-refractivity contribution is 5.48. The fourth-order valence-corrected chi connectivity index (χ4v) is 1.03. The van der Waals surface area contributed by atoms with Crippen molar-refractivity contribution in [3.8, 4) is 6.07 Å². The number of aliphatic hydroxyl groups excluding tert-OH is 3. The third kappa shape index (κ3) is 2.43. The molecule has 0 saturated heterocycles. The van der Waals surface area contributed by atoms with Gasteiger partial charge in [-0.3, -0.25) is 0 Å². The largest absolute Gasteiger partial charge is 0.394 e. The van der Waals surface area contributed by atoms with Crippen molar-refractivity contribution in [1.29, 1.82) is 5.26 Å². The minimum atomic E-state index is -1.32. The Kier molecular flexibility index (Phi) is 4.13. The number of anilines is 1. The summed E-state index contributed by atoms with van der Waals surface area (Å²) in [4.78, 5) is 7.60. The van der Waals surface area contributed by atoms with E-state index >= 15 is 0 Å². The normalized spacial score (nSPS) is 10.9. The fraction of sp³-hybridized carbons (Fsp3) is 0.444. The predicted octanol–water partition coefficient (Wildman–Crippen LogP) is -1.52. The summed E-state index contributed by atoms with van der Waals surface area (Å²) in [5.41, 5.74) is -1.29. The summed E-state index contributed by atoms with van der Waals surface area (Å²) in [5, 5.41) is 38.6. The van der Waals surface area contributed by atoms with Crippen LogP contribution in [-0.4, -0.2) is 50.6 Å². The summed E-state index contributed by atoms with van der Waals surface area (Å²) < 4.78 is 0. The van der Waals surface area contributed by atoms with Crippen LogP contribution in [0.2, 0.25) is 0 Å². The van der Waals surface area contributed by atoms with Crippen molar-refractivity contribution in [3.05, 3.63) is 18.1 Å². The third-order valence-electron chi connectivity index (χ3n) is 2.10. The van der Waals surface area contributed by atoms with Gasteiger partial charge < -0.3 is 20.6 Å². The lowest BCUT2D eigenvalue weighted by atomic mass is 10.0. The van der Waals surface area contributed by atoms with E-state index in [1.54, 1.807) is 0 Å². The fourth-order valence-electron chi connectivity index (χ4n) is 1.03. The zero-order chi connectivity index (χ0) is 12.0. The maximum absolute atomic E-state index is 9.09. The zero-order valence-electron chi connectivity index (χ0n) is 8.46. The summed E-state index contributed by atoms with van der Waals surface area (Å²) >= 11 is 0. The van der Waals surface area contributed by atoms with Gasteiger partial charge in [-0.2, -0.15) is 5.26 Å². The van der Waals surface area contributed by atoms with E-state index in [9.17, 15) is 0 Å². The molecule has 1 heterocycles. The summed E-state index contributed by atoms with van der Waals surface area (Å²) in [7, 11) is 0.